The molecule has 0 bridgehead atoms. The largest absolute Gasteiger partial charge is 0.449 e. The summed E-state index contributed by atoms with van der Waals surface area (Å²) in [6.45, 7) is 1.81. The molecule has 0 unspecified atom stereocenters. The third kappa shape index (κ3) is 1.71. The molecule has 0 saturated carbocycles. The highest BCUT2D eigenvalue weighted by Crippen LogP contribution is 2.33. The maximum atomic E-state index is 12.6. The molecule has 2 nitrogen and oxygen atoms in total. The quantitative estimate of drug-likeness (QED) is 0.724. The van der Waals surface area contributed by atoms with Gasteiger partial charge in [-0.15, -0.1) is 0 Å². The number of alkyl halides is 3. The van der Waals surface area contributed by atoms with Gasteiger partial charge in [-0.25, -0.2) is 4.98 Å². The standard InChI is InChI=1S/C10H8BrF3N2/c1-5-3-6(11)8-7(4-5)15-9(16(8)2)10(12,13)14/h3-4H,1-2H3. The molecule has 2 rings (SSSR count). The molecule has 0 saturated heterocycles. The summed E-state index contributed by atoms with van der Waals surface area (Å²) < 4.78 is 39.5. The maximum Gasteiger partial charge on any atom is 0.449 e. The highest BCUT2D eigenvalue weighted by atomic mass is 79.9. The van der Waals surface area contributed by atoms with E-state index in [1.807, 2.05) is 6.92 Å². The van der Waals surface area contributed by atoms with E-state index in [1.54, 1.807) is 12.1 Å². The number of hydrogen-bond acceptors (Lipinski definition) is 1. The van der Waals surface area contributed by atoms with Crippen molar-refractivity contribution >= 4 is 27.0 Å². The van der Waals surface area contributed by atoms with Crippen molar-refractivity contribution in [3.05, 3.63) is 28.0 Å². The number of rotatable bonds is 0. The number of hydrogen-bond donors (Lipinski definition) is 0. The summed E-state index contributed by atoms with van der Waals surface area (Å²) in [6, 6.07) is 3.40. The number of fused-ring (bicyclic) bond motifs is 1. The fraction of sp³-hybridized carbons (Fsp3) is 0.300. The van der Waals surface area contributed by atoms with Gasteiger partial charge in [-0.3, -0.25) is 0 Å². The Balaban J connectivity index is 2.83. The smallest absolute Gasteiger partial charge is 0.323 e. The second-order valence-electron chi connectivity index (χ2n) is 3.61. The molecule has 0 aliphatic heterocycles. The molecule has 0 aliphatic carbocycles. The molecule has 6 heteroatoms. The van der Waals surface area contributed by atoms with Crippen LogP contribution in [0.5, 0.6) is 0 Å². The third-order valence-electron chi connectivity index (χ3n) is 2.32. The molecule has 1 aromatic heterocycles. The summed E-state index contributed by atoms with van der Waals surface area (Å²) >= 11 is 3.25. The summed E-state index contributed by atoms with van der Waals surface area (Å²) in [5, 5.41) is 0. The molecular formula is C10H8BrF3N2. The monoisotopic (exact) mass is 292 g/mol. The summed E-state index contributed by atoms with van der Waals surface area (Å²) in [4.78, 5) is 3.61. The van der Waals surface area contributed by atoms with Gasteiger partial charge in [-0.05, 0) is 40.5 Å². The van der Waals surface area contributed by atoms with Gasteiger partial charge in [0.2, 0.25) is 5.82 Å². The molecule has 1 heterocycles. The molecule has 0 N–H and O–H groups in total. The van der Waals surface area contributed by atoms with Crippen LogP contribution in [-0.4, -0.2) is 9.55 Å². The molecule has 86 valence electrons. The normalized spacial score (nSPS) is 12.4. The molecule has 0 spiro atoms. The van der Waals surface area contributed by atoms with Crippen molar-refractivity contribution in [3.8, 4) is 0 Å². The molecule has 2 aromatic rings. The zero-order chi connectivity index (χ0) is 12.1. The van der Waals surface area contributed by atoms with E-state index >= 15 is 0 Å². The molecule has 0 amide bonds. The van der Waals surface area contributed by atoms with Crippen LogP contribution >= 0.6 is 15.9 Å². The van der Waals surface area contributed by atoms with Gasteiger partial charge in [0.05, 0.1) is 11.0 Å². The molecule has 0 fully saturated rings. The number of nitrogens with zero attached hydrogens (tertiary/aromatic N) is 2. The van der Waals surface area contributed by atoms with Gasteiger partial charge in [0.15, 0.2) is 0 Å². The summed E-state index contributed by atoms with van der Waals surface area (Å²) in [5.74, 6) is -0.881. The van der Waals surface area contributed by atoms with E-state index in [0.29, 0.717) is 15.5 Å². The number of imidazole rings is 1. The van der Waals surface area contributed by atoms with Crippen molar-refractivity contribution in [1.82, 2.24) is 9.55 Å². The second-order valence-corrected chi connectivity index (χ2v) is 4.46. The third-order valence-corrected chi connectivity index (χ3v) is 2.93. The number of halogens is 4. The molecule has 0 radical (unpaired) electrons. The highest BCUT2D eigenvalue weighted by molar-refractivity contribution is 9.10. The Morgan fingerprint density at radius 1 is 1.31 bits per heavy atom. The zero-order valence-corrected chi connectivity index (χ0v) is 10.1. The predicted molar refractivity (Wildman–Crippen MR) is 58.2 cm³/mol. The fourth-order valence-electron chi connectivity index (χ4n) is 1.68. The molecule has 0 aliphatic rings. The van der Waals surface area contributed by atoms with E-state index in [-0.39, 0.29) is 0 Å². The topological polar surface area (TPSA) is 17.8 Å². The lowest BCUT2D eigenvalue weighted by molar-refractivity contribution is -0.146. The van der Waals surface area contributed by atoms with Gasteiger partial charge < -0.3 is 4.57 Å². The molecule has 0 atom stereocenters. The van der Waals surface area contributed by atoms with E-state index in [0.717, 1.165) is 10.1 Å². The van der Waals surface area contributed by atoms with Crippen LogP contribution in [0.1, 0.15) is 11.4 Å². The van der Waals surface area contributed by atoms with Crippen LogP contribution in [0.3, 0.4) is 0 Å². The first-order valence-corrected chi connectivity index (χ1v) is 5.30. The van der Waals surface area contributed by atoms with E-state index < -0.39 is 12.0 Å². The Hall–Kier alpha value is -1.04. The Labute approximate surface area is 98.2 Å². The Morgan fingerprint density at radius 2 is 1.94 bits per heavy atom. The predicted octanol–water partition coefficient (Wildman–Crippen LogP) is 3.66. The van der Waals surface area contributed by atoms with Crippen molar-refractivity contribution in [1.29, 1.82) is 0 Å². The van der Waals surface area contributed by atoms with Crippen LogP contribution in [0.25, 0.3) is 11.0 Å². The lowest BCUT2D eigenvalue weighted by Gasteiger charge is -2.06. The first kappa shape index (κ1) is 11.4. The van der Waals surface area contributed by atoms with Gasteiger partial charge in [-0.2, -0.15) is 13.2 Å². The summed E-state index contributed by atoms with van der Waals surface area (Å²) in [5.41, 5.74) is 1.67. The number of aryl methyl sites for hydroxylation is 2. The maximum absolute atomic E-state index is 12.6. The number of benzene rings is 1. The molecule has 16 heavy (non-hydrogen) atoms. The second kappa shape index (κ2) is 3.48. The van der Waals surface area contributed by atoms with Crippen molar-refractivity contribution in [2.24, 2.45) is 7.05 Å². The Morgan fingerprint density at radius 3 is 2.50 bits per heavy atom. The Bertz CT molecular complexity index is 557. The minimum atomic E-state index is -4.43. The van der Waals surface area contributed by atoms with E-state index in [9.17, 15) is 13.2 Å². The molecular weight excluding hydrogens is 285 g/mol. The van der Waals surface area contributed by atoms with Crippen LogP contribution in [0, 0.1) is 6.92 Å². The first-order valence-electron chi connectivity index (χ1n) is 4.50. The Kier molecular flexibility index (Phi) is 2.49. The summed E-state index contributed by atoms with van der Waals surface area (Å²) in [7, 11) is 1.36. The SMILES string of the molecule is Cc1cc(Br)c2c(c1)nc(C(F)(F)F)n2C. The zero-order valence-electron chi connectivity index (χ0n) is 8.56. The lowest BCUT2D eigenvalue weighted by Crippen LogP contribution is -2.12. The summed E-state index contributed by atoms with van der Waals surface area (Å²) in [6.07, 6.45) is -4.43. The van der Waals surface area contributed by atoms with Crippen molar-refractivity contribution in [2.45, 2.75) is 13.1 Å². The van der Waals surface area contributed by atoms with Gasteiger partial charge in [-0.1, -0.05) is 0 Å². The van der Waals surface area contributed by atoms with Gasteiger partial charge in [0.25, 0.3) is 0 Å². The minimum Gasteiger partial charge on any atom is -0.323 e. The van der Waals surface area contributed by atoms with E-state index in [2.05, 4.69) is 20.9 Å². The minimum absolute atomic E-state index is 0.349. The van der Waals surface area contributed by atoms with Crippen LogP contribution < -0.4 is 0 Å². The van der Waals surface area contributed by atoms with Gasteiger partial charge in [0, 0.05) is 11.5 Å². The van der Waals surface area contributed by atoms with Crippen molar-refractivity contribution in [2.75, 3.05) is 0 Å². The van der Waals surface area contributed by atoms with Crippen LogP contribution in [-0.2, 0) is 13.2 Å². The van der Waals surface area contributed by atoms with Crippen LogP contribution in [0.4, 0.5) is 13.2 Å². The molecule has 1 aromatic carbocycles. The highest BCUT2D eigenvalue weighted by Gasteiger charge is 2.36. The van der Waals surface area contributed by atoms with E-state index in [1.165, 1.54) is 7.05 Å². The van der Waals surface area contributed by atoms with Crippen LogP contribution in [0.15, 0.2) is 16.6 Å². The van der Waals surface area contributed by atoms with Crippen molar-refractivity contribution in [3.63, 3.8) is 0 Å². The van der Waals surface area contributed by atoms with Crippen molar-refractivity contribution < 1.29 is 13.2 Å². The average Bonchev–Trinajstić information content (AvgIpc) is 2.41. The van der Waals surface area contributed by atoms with Crippen LogP contribution in [0.2, 0.25) is 0 Å². The van der Waals surface area contributed by atoms with Gasteiger partial charge in [0.1, 0.15) is 0 Å². The van der Waals surface area contributed by atoms with Gasteiger partial charge >= 0.3 is 6.18 Å². The first-order chi connectivity index (χ1) is 7.30. The lowest BCUT2D eigenvalue weighted by atomic mass is 10.2. The average molecular weight is 293 g/mol. The van der Waals surface area contributed by atoms with E-state index in [4.69, 9.17) is 0 Å². The fourth-order valence-corrected chi connectivity index (χ4v) is 2.51. The number of aromatic nitrogens is 2.